The molecule has 0 bridgehead atoms. The van der Waals surface area contributed by atoms with Gasteiger partial charge in [-0.3, -0.25) is 4.98 Å². The maximum absolute atomic E-state index is 14.1. The molecule has 2 rings (SSSR count). The van der Waals surface area contributed by atoms with Crippen molar-refractivity contribution < 1.29 is 9.13 Å². The summed E-state index contributed by atoms with van der Waals surface area (Å²) in [6.07, 6.45) is 4.65. The largest absolute Gasteiger partial charge is 0.435 e. The second kappa shape index (κ2) is 6.58. The molecule has 0 saturated heterocycles. The van der Waals surface area contributed by atoms with Gasteiger partial charge in [0.2, 0.25) is 0 Å². The predicted octanol–water partition coefficient (Wildman–Crippen LogP) is 3.28. The van der Waals surface area contributed by atoms with Crippen LogP contribution in [0.4, 0.5) is 4.39 Å². The van der Waals surface area contributed by atoms with Crippen LogP contribution >= 0.6 is 15.9 Å². The molecule has 0 aliphatic carbocycles. The van der Waals surface area contributed by atoms with E-state index in [1.54, 1.807) is 18.3 Å². The van der Waals surface area contributed by atoms with Crippen molar-refractivity contribution in [1.82, 2.24) is 15.3 Å². The number of nitrogens with one attached hydrogen (secondary N) is 1. The fourth-order valence-corrected chi connectivity index (χ4v) is 1.83. The smallest absolute Gasteiger partial charge is 0.256 e. The second-order valence-electron chi connectivity index (χ2n) is 3.81. The van der Waals surface area contributed by atoms with Gasteiger partial charge in [-0.15, -0.1) is 0 Å². The van der Waals surface area contributed by atoms with Crippen LogP contribution in [0, 0.1) is 5.82 Å². The molecule has 0 aliphatic rings. The Labute approximate surface area is 119 Å². The van der Waals surface area contributed by atoms with Crippen LogP contribution in [0.1, 0.15) is 12.5 Å². The van der Waals surface area contributed by atoms with E-state index in [1.165, 1.54) is 12.4 Å². The van der Waals surface area contributed by atoms with E-state index in [1.807, 2.05) is 6.92 Å². The Kier molecular flexibility index (Phi) is 4.81. The van der Waals surface area contributed by atoms with Gasteiger partial charge in [-0.25, -0.2) is 9.37 Å². The van der Waals surface area contributed by atoms with Crippen molar-refractivity contribution in [1.29, 1.82) is 0 Å². The molecule has 0 unspecified atom stereocenters. The van der Waals surface area contributed by atoms with Gasteiger partial charge >= 0.3 is 0 Å². The lowest BCUT2D eigenvalue weighted by Crippen LogP contribution is -2.13. The van der Waals surface area contributed by atoms with Crippen LogP contribution in [0.15, 0.2) is 35.2 Å². The van der Waals surface area contributed by atoms with Crippen molar-refractivity contribution >= 4 is 15.9 Å². The number of pyridine rings is 2. The molecule has 0 aliphatic heterocycles. The van der Waals surface area contributed by atoms with Crippen molar-refractivity contribution in [2.24, 2.45) is 0 Å². The third kappa shape index (κ3) is 3.71. The van der Waals surface area contributed by atoms with E-state index in [9.17, 15) is 4.39 Å². The molecule has 2 heterocycles. The van der Waals surface area contributed by atoms with Crippen LogP contribution in [-0.2, 0) is 6.54 Å². The maximum Gasteiger partial charge on any atom is 0.256 e. The van der Waals surface area contributed by atoms with E-state index >= 15 is 0 Å². The summed E-state index contributed by atoms with van der Waals surface area (Å²) in [6, 6.07) is 3.33. The molecule has 0 aromatic carbocycles. The first-order valence-corrected chi connectivity index (χ1v) is 6.62. The zero-order chi connectivity index (χ0) is 13.7. The second-order valence-corrected chi connectivity index (χ2v) is 4.73. The SMILES string of the molecule is CCNCc1ccnc(Oc2cncc(Br)c2)c1F. The van der Waals surface area contributed by atoms with Crippen molar-refractivity contribution in [3.05, 3.63) is 46.6 Å². The third-order valence-electron chi connectivity index (χ3n) is 2.40. The zero-order valence-electron chi connectivity index (χ0n) is 10.4. The van der Waals surface area contributed by atoms with E-state index in [4.69, 9.17) is 4.74 Å². The monoisotopic (exact) mass is 325 g/mol. The van der Waals surface area contributed by atoms with Crippen LogP contribution in [0.3, 0.4) is 0 Å². The molecule has 100 valence electrons. The zero-order valence-corrected chi connectivity index (χ0v) is 11.9. The summed E-state index contributed by atoms with van der Waals surface area (Å²) in [5.74, 6) is -0.0693. The summed E-state index contributed by atoms with van der Waals surface area (Å²) >= 11 is 3.28. The van der Waals surface area contributed by atoms with Crippen LogP contribution in [0.2, 0.25) is 0 Å². The summed E-state index contributed by atoms with van der Waals surface area (Å²) < 4.78 is 20.3. The molecule has 2 aromatic heterocycles. The molecule has 0 fully saturated rings. The number of ether oxygens (including phenoxy) is 1. The summed E-state index contributed by atoms with van der Waals surface area (Å²) in [4.78, 5) is 7.85. The Hall–Kier alpha value is -1.53. The lowest BCUT2D eigenvalue weighted by Gasteiger charge is -2.09. The molecule has 0 radical (unpaired) electrons. The van der Waals surface area contributed by atoms with Gasteiger partial charge in [0.1, 0.15) is 5.75 Å². The van der Waals surface area contributed by atoms with Gasteiger partial charge in [0, 0.05) is 29.0 Å². The van der Waals surface area contributed by atoms with Gasteiger partial charge in [-0.05, 0) is 34.6 Å². The molecule has 0 amide bonds. The molecule has 0 spiro atoms. The van der Waals surface area contributed by atoms with Gasteiger partial charge in [0.05, 0.1) is 6.20 Å². The fourth-order valence-electron chi connectivity index (χ4n) is 1.49. The highest BCUT2D eigenvalue weighted by molar-refractivity contribution is 9.10. The van der Waals surface area contributed by atoms with E-state index in [-0.39, 0.29) is 5.88 Å². The first-order chi connectivity index (χ1) is 9.20. The Bertz CT molecular complexity index is 565. The number of halogens is 2. The average molecular weight is 326 g/mol. The highest BCUT2D eigenvalue weighted by Crippen LogP contribution is 2.25. The first-order valence-electron chi connectivity index (χ1n) is 5.83. The Morgan fingerprint density at radius 2 is 2.26 bits per heavy atom. The van der Waals surface area contributed by atoms with Crippen molar-refractivity contribution in [2.45, 2.75) is 13.5 Å². The molecule has 19 heavy (non-hydrogen) atoms. The predicted molar refractivity (Wildman–Crippen MR) is 73.6 cm³/mol. The van der Waals surface area contributed by atoms with Crippen LogP contribution in [-0.4, -0.2) is 16.5 Å². The Balaban J connectivity index is 2.20. The van der Waals surface area contributed by atoms with Crippen LogP contribution < -0.4 is 10.1 Å². The van der Waals surface area contributed by atoms with Gasteiger partial charge in [0.15, 0.2) is 5.82 Å². The molecule has 4 nitrogen and oxygen atoms in total. The van der Waals surface area contributed by atoms with Gasteiger partial charge < -0.3 is 10.1 Å². The average Bonchev–Trinajstić information content (AvgIpc) is 2.40. The summed E-state index contributed by atoms with van der Waals surface area (Å²) in [5, 5.41) is 3.06. The fraction of sp³-hybridized carbons (Fsp3) is 0.231. The van der Waals surface area contributed by atoms with E-state index in [0.29, 0.717) is 17.9 Å². The molecular formula is C13H13BrFN3O. The molecule has 1 N–H and O–H groups in total. The highest BCUT2D eigenvalue weighted by atomic mass is 79.9. The molecular weight excluding hydrogens is 313 g/mol. The molecule has 2 aromatic rings. The van der Waals surface area contributed by atoms with Gasteiger partial charge in [0.25, 0.3) is 5.88 Å². The highest BCUT2D eigenvalue weighted by Gasteiger charge is 2.11. The van der Waals surface area contributed by atoms with Crippen LogP contribution in [0.5, 0.6) is 11.6 Å². The first kappa shape index (κ1) is 13.9. The molecule has 0 atom stereocenters. The lowest BCUT2D eigenvalue weighted by molar-refractivity contribution is 0.416. The Morgan fingerprint density at radius 3 is 3.00 bits per heavy atom. The standard InChI is InChI=1S/C13H13BrFN3O/c1-2-16-6-9-3-4-18-13(12(9)15)19-11-5-10(14)7-17-8-11/h3-5,7-8,16H,2,6H2,1H3. The maximum atomic E-state index is 14.1. The third-order valence-corrected chi connectivity index (χ3v) is 2.83. The van der Waals surface area contributed by atoms with E-state index < -0.39 is 5.82 Å². The topological polar surface area (TPSA) is 47.0 Å². The number of aromatic nitrogens is 2. The van der Waals surface area contributed by atoms with Crippen molar-refractivity contribution in [3.8, 4) is 11.6 Å². The number of hydrogen-bond acceptors (Lipinski definition) is 4. The normalized spacial score (nSPS) is 10.5. The number of nitrogens with zero attached hydrogens (tertiary/aromatic N) is 2. The quantitative estimate of drug-likeness (QED) is 0.916. The van der Waals surface area contributed by atoms with E-state index in [0.717, 1.165) is 11.0 Å². The van der Waals surface area contributed by atoms with E-state index in [2.05, 4.69) is 31.2 Å². The summed E-state index contributed by atoms with van der Waals surface area (Å²) in [7, 11) is 0. The summed E-state index contributed by atoms with van der Waals surface area (Å²) in [5.41, 5.74) is 0.523. The van der Waals surface area contributed by atoms with Crippen LogP contribution in [0.25, 0.3) is 0 Å². The van der Waals surface area contributed by atoms with Gasteiger partial charge in [-0.2, -0.15) is 0 Å². The van der Waals surface area contributed by atoms with Gasteiger partial charge in [-0.1, -0.05) is 6.92 Å². The molecule has 6 heteroatoms. The number of hydrogen-bond donors (Lipinski definition) is 1. The Morgan fingerprint density at radius 1 is 1.42 bits per heavy atom. The minimum absolute atomic E-state index is 0.0460. The minimum Gasteiger partial charge on any atom is -0.435 e. The number of rotatable bonds is 5. The lowest BCUT2D eigenvalue weighted by atomic mass is 10.2. The summed E-state index contributed by atoms with van der Waals surface area (Å²) in [6.45, 7) is 3.18. The molecule has 0 saturated carbocycles. The minimum atomic E-state index is -0.455. The van der Waals surface area contributed by atoms with Crippen molar-refractivity contribution in [2.75, 3.05) is 6.54 Å². The van der Waals surface area contributed by atoms with Crippen molar-refractivity contribution in [3.63, 3.8) is 0 Å².